The van der Waals surface area contributed by atoms with Crippen LogP contribution in [0, 0.1) is 5.92 Å². The Hall–Kier alpha value is -2.84. The summed E-state index contributed by atoms with van der Waals surface area (Å²) < 4.78 is 38.9. The van der Waals surface area contributed by atoms with Gasteiger partial charge in [-0.05, 0) is 38.1 Å². The molecule has 134 valence electrons. The Labute approximate surface area is 141 Å². The molecule has 0 aliphatic heterocycles. The summed E-state index contributed by atoms with van der Waals surface area (Å²) in [6.45, 7) is 3.02. The van der Waals surface area contributed by atoms with Crippen LogP contribution in [0.2, 0.25) is 0 Å². The Bertz CT molecular complexity index is 786. The lowest BCUT2D eigenvalue weighted by Gasteiger charge is -2.18. The van der Waals surface area contributed by atoms with Gasteiger partial charge in [0, 0.05) is 17.8 Å². The summed E-state index contributed by atoms with van der Waals surface area (Å²) in [7, 11) is 0. The number of nitrogens with one attached hydrogen (secondary N) is 1. The molecule has 9 heteroatoms. The van der Waals surface area contributed by atoms with Crippen LogP contribution >= 0.6 is 0 Å². The van der Waals surface area contributed by atoms with Crippen LogP contribution < -0.4 is 5.32 Å². The third-order valence-corrected chi connectivity index (χ3v) is 3.75. The Morgan fingerprint density at radius 1 is 1.24 bits per heavy atom. The molecule has 1 aromatic carbocycles. The van der Waals surface area contributed by atoms with E-state index in [9.17, 15) is 22.8 Å². The summed E-state index contributed by atoms with van der Waals surface area (Å²) in [4.78, 5) is 23.1. The largest absolute Gasteiger partial charge is 0.481 e. The first kappa shape index (κ1) is 18.5. The second-order valence-electron chi connectivity index (χ2n) is 5.58. The second kappa shape index (κ2) is 6.96. The topological polar surface area (TPSA) is 84.2 Å². The fraction of sp³-hybridized carbons (Fsp3) is 0.312. The normalized spacial score (nSPS) is 14.0. The standard InChI is InChI=1S/C16H16F3N3O3/c1-9(15(24)25)10(2)20-14(23)11-4-3-5-12(8-11)22-7-6-13(21-22)16(17,18)19/h3-10H,1-2H3,(H,20,23)(H,24,25). The highest BCUT2D eigenvalue weighted by Crippen LogP contribution is 2.27. The van der Waals surface area contributed by atoms with E-state index in [4.69, 9.17) is 5.11 Å². The van der Waals surface area contributed by atoms with E-state index in [-0.39, 0.29) is 11.3 Å². The van der Waals surface area contributed by atoms with Crippen LogP contribution in [0.4, 0.5) is 13.2 Å². The molecule has 0 saturated carbocycles. The molecule has 2 N–H and O–H groups in total. The van der Waals surface area contributed by atoms with Gasteiger partial charge in [0.15, 0.2) is 5.69 Å². The number of aliphatic carboxylic acids is 1. The van der Waals surface area contributed by atoms with Crippen molar-refractivity contribution < 1.29 is 27.9 Å². The van der Waals surface area contributed by atoms with Gasteiger partial charge >= 0.3 is 12.1 Å². The van der Waals surface area contributed by atoms with Crippen LogP contribution in [0.1, 0.15) is 29.9 Å². The minimum Gasteiger partial charge on any atom is -0.481 e. The average molecular weight is 355 g/mol. The molecule has 2 rings (SSSR count). The first-order chi connectivity index (χ1) is 11.6. The molecule has 1 heterocycles. The molecule has 25 heavy (non-hydrogen) atoms. The maximum Gasteiger partial charge on any atom is 0.435 e. The van der Waals surface area contributed by atoms with Gasteiger partial charge in [0.05, 0.1) is 11.6 Å². The van der Waals surface area contributed by atoms with E-state index in [1.54, 1.807) is 6.92 Å². The van der Waals surface area contributed by atoms with E-state index in [0.29, 0.717) is 0 Å². The number of hydrogen-bond donors (Lipinski definition) is 2. The number of rotatable bonds is 5. The van der Waals surface area contributed by atoms with Crippen molar-refractivity contribution in [1.82, 2.24) is 15.1 Å². The van der Waals surface area contributed by atoms with E-state index in [0.717, 1.165) is 16.9 Å². The van der Waals surface area contributed by atoms with E-state index < -0.39 is 35.7 Å². The smallest absolute Gasteiger partial charge is 0.435 e. The van der Waals surface area contributed by atoms with Crippen LogP contribution in [0.3, 0.4) is 0 Å². The molecular weight excluding hydrogens is 339 g/mol. The number of amides is 1. The molecule has 2 atom stereocenters. The average Bonchev–Trinajstić information content (AvgIpc) is 3.04. The van der Waals surface area contributed by atoms with Crippen LogP contribution in [0.5, 0.6) is 0 Å². The molecule has 0 fully saturated rings. The third kappa shape index (κ3) is 4.37. The van der Waals surface area contributed by atoms with Crippen molar-refractivity contribution in [3.05, 3.63) is 47.8 Å². The van der Waals surface area contributed by atoms with Crippen molar-refractivity contribution in [2.24, 2.45) is 5.92 Å². The molecule has 0 spiro atoms. The first-order valence-electron chi connectivity index (χ1n) is 7.36. The number of carboxylic acid groups (broad SMARTS) is 1. The fourth-order valence-corrected chi connectivity index (χ4v) is 2.04. The zero-order valence-electron chi connectivity index (χ0n) is 13.4. The highest BCUT2D eigenvalue weighted by Gasteiger charge is 2.33. The van der Waals surface area contributed by atoms with Gasteiger partial charge in [0.25, 0.3) is 5.91 Å². The molecule has 0 bridgehead atoms. The molecule has 0 aliphatic rings. The van der Waals surface area contributed by atoms with Crippen molar-refractivity contribution in [2.75, 3.05) is 0 Å². The van der Waals surface area contributed by atoms with Gasteiger partial charge in [0.1, 0.15) is 0 Å². The van der Waals surface area contributed by atoms with Crippen molar-refractivity contribution in [3.8, 4) is 5.69 Å². The number of carbonyl (C=O) groups excluding carboxylic acids is 1. The van der Waals surface area contributed by atoms with Crippen molar-refractivity contribution in [3.63, 3.8) is 0 Å². The van der Waals surface area contributed by atoms with Gasteiger partial charge in [-0.15, -0.1) is 0 Å². The Balaban J connectivity index is 2.20. The van der Waals surface area contributed by atoms with Gasteiger partial charge in [-0.25, -0.2) is 4.68 Å². The summed E-state index contributed by atoms with van der Waals surface area (Å²) in [6.07, 6.45) is -3.41. The van der Waals surface area contributed by atoms with Gasteiger partial charge in [-0.1, -0.05) is 6.07 Å². The molecule has 2 unspecified atom stereocenters. The van der Waals surface area contributed by atoms with Crippen molar-refractivity contribution in [2.45, 2.75) is 26.1 Å². The lowest BCUT2D eigenvalue weighted by molar-refractivity contribution is -0.142. The molecule has 6 nitrogen and oxygen atoms in total. The number of carbonyl (C=O) groups is 2. The zero-order chi connectivity index (χ0) is 18.8. The van der Waals surface area contributed by atoms with Crippen LogP contribution in [-0.4, -0.2) is 32.8 Å². The summed E-state index contributed by atoms with van der Waals surface area (Å²) in [5, 5.41) is 14.9. The predicted octanol–water partition coefficient (Wildman–Crippen LogP) is 2.73. The van der Waals surface area contributed by atoms with Gasteiger partial charge in [-0.2, -0.15) is 18.3 Å². The number of hydrogen-bond acceptors (Lipinski definition) is 3. The Morgan fingerprint density at radius 2 is 1.92 bits per heavy atom. The quantitative estimate of drug-likeness (QED) is 0.864. The van der Waals surface area contributed by atoms with E-state index >= 15 is 0 Å². The van der Waals surface area contributed by atoms with Crippen LogP contribution in [-0.2, 0) is 11.0 Å². The summed E-state index contributed by atoms with van der Waals surface area (Å²) in [6, 6.07) is 6.09. The van der Waals surface area contributed by atoms with Crippen molar-refractivity contribution >= 4 is 11.9 Å². The summed E-state index contributed by atoms with van der Waals surface area (Å²) in [5.74, 6) is -2.35. The van der Waals surface area contributed by atoms with Gasteiger partial charge < -0.3 is 10.4 Å². The molecule has 2 aromatic rings. The molecule has 0 saturated heterocycles. The Kier molecular flexibility index (Phi) is 5.15. The van der Waals surface area contributed by atoms with Crippen LogP contribution in [0.25, 0.3) is 5.69 Å². The maximum atomic E-state index is 12.6. The number of nitrogens with zero attached hydrogens (tertiary/aromatic N) is 2. The summed E-state index contributed by atoms with van der Waals surface area (Å²) >= 11 is 0. The minimum absolute atomic E-state index is 0.186. The molecule has 0 aliphatic carbocycles. The second-order valence-corrected chi connectivity index (χ2v) is 5.58. The Morgan fingerprint density at radius 3 is 2.48 bits per heavy atom. The van der Waals surface area contributed by atoms with Gasteiger partial charge in [0.2, 0.25) is 0 Å². The highest BCUT2D eigenvalue weighted by atomic mass is 19.4. The van der Waals surface area contributed by atoms with Crippen molar-refractivity contribution in [1.29, 1.82) is 0 Å². The maximum absolute atomic E-state index is 12.6. The molecule has 1 amide bonds. The number of alkyl halides is 3. The fourth-order valence-electron chi connectivity index (χ4n) is 2.04. The number of halogens is 3. The summed E-state index contributed by atoms with van der Waals surface area (Å²) in [5.41, 5.74) is -0.570. The third-order valence-electron chi connectivity index (χ3n) is 3.75. The number of aromatic nitrogens is 2. The lowest BCUT2D eigenvalue weighted by Crippen LogP contribution is -2.40. The minimum atomic E-state index is -4.55. The molecule has 0 radical (unpaired) electrons. The first-order valence-corrected chi connectivity index (χ1v) is 7.36. The predicted molar refractivity (Wildman–Crippen MR) is 82.3 cm³/mol. The van der Waals surface area contributed by atoms with Gasteiger partial charge in [-0.3, -0.25) is 9.59 Å². The zero-order valence-corrected chi connectivity index (χ0v) is 13.4. The van der Waals surface area contributed by atoms with E-state index in [1.807, 2.05) is 0 Å². The number of carboxylic acids is 1. The highest BCUT2D eigenvalue weighted by molar-refractivity contribution is 5.95. The van der Waals surface area contributed by atoms with Crippen LogP contribution in [0.15, 0.2) is 36.5 Å². The molecule has 1 aromatic heterocycles. The molecular formula is C16H16F3N3O3. The monoisotopic (exact) mass is 355 g/mol. The van der Waals surface area contributed by atoms with E-state index in [2.05, 4.69) is 10.4 Å². The SMILES string of the molecule is CC(NC(=O)c1cccc(-n2ccc(C(F)(F)F)n2)c1)C(C)C(=O)O. The van der Waals surface area contributed by atoms with E-state index in [1.165, 1.54) is 31.2 Å². The number of benzene rings is 1. The lowest BCUT2D eigenvalue weighted by atomic mass is 10.0.